The van der Waals surface area contributed by atoms with Crippen LogP contribution in [0.4, 0.5) is 14.9 Å². The number of urea groups is 1. The van der Waals surface area contributed by atoms with Crippen molar-refractivity contribution in [3.8, 4) is 5.75 Å². The maximum absolute atomic E-state index is 13.4. The van der Waals surface area contributed by atoms with Gasteiger partial charge < -0.3 is 15.7 Å². The van der Waals surface area contributed by atoms with E-state index in [9.17, 15) is 14.3 Å². The number of phenolic OH excluding ortho intramolecular Hbond substituents is 1. The van der Waals surface area contributed by atoms with Gasteiger partial charge in [-0.1, -0.05) is 24.3 Å². The van der Waals surface area contributed by atoms with Gasteiger partial charge in [0.05, 0.1) is 5.69 Å². The van der Waals surface area contributed by atoms with E-state index in [-0.39, 0.29) is 17.5 Å². The van der Waals surface area contributed by atoms with Crippen LogP contribution in [0.15, 0.2) is 48.5 Å². The van der Waals surface area contributed by atoms with Gasteiger partial charge in [0.1, 0.15) is 11.6 Å². The van der Waals surface area contributed by atoms with Gasteiger partial charge in [0.15, 0.2) is 0 Å². The molecule has 2 rings (SSSR count). The summed E-state index contributed by atoms with van der Waals surface area (Å²) in [4.78, 5) is 11.8. The van der Waals surface area contributed by atoms with Gasteiger partial charge in [-0.3, -0.25) is 0 Å². The second-order valence-electron chi connectivity index (χ2n) is 4.85. The third-order valence-corrected chi connectivity index (χ3v) is 2.98. The van der Waals surface area contributed by atoms with E-state index in [0.29, 0.717) is 6.42 Å². The van der Waals surface area contributed by atoms with Crippen molar-refractivity contribution in [2.45, 2.75) is 19.4 Å². The molecule has 0 heterocycles. The van der Waals surface area contributed by atoms with Gasteiger partial charge >= 0.3 is 6.03 Å². The van der Waals surface area contributed by atoms with Crippen molar-refractivity contribution in [1.82, 2.24) is 5.32 Å². The second-order valence-corrected chi connectivity index (χ2v) is 4.85. The molecule has 4 nitrogen and oxygen atoms in total. The van der Waals surface area contributed by atoms with Crippen LogP contribution in [0.2, 0.25) is 0 Å². The molecule has 1 atom stereocenters. The third kappa shape index (κ3) is 4.49. The predicted molar refractivity (Wildman–Crippen MR) is 79.8 cm³/mol. The first-order chi connectivity index (χ1) is 10.0. The number of hydrogen-bond donors (Lipinski definition) is 3. The molecule has 0 aromatic heterocycles. The highest BCUT2D eigenvalue weighted by Gasteiger charge is 2.10. The Morgan fingerprint density at radius 3 is 2.52 bits per heavy atom. The quantitative estimate of drug-likeness (QED) is 0.808. The van der Waals surface area contributed by atoms with E-state index in [1.165, 1.54) is 12.1 Å². The highest BCUT2D eigenvalue weighted by molar-refractivity contribution is 5.89. The van der Waals surface area contributed by atoms with Crippen LogP contribution in [0.3, 0.4) is 0 Å². The first kappa shape index (κ1) is 14.8. The number of benzene rings is 2. The SMILES string of the molecule is C[C@@H](Cc1ccc(O)cc1)NC(=O)Nc1ccccc1F. The minimum Gasteiger partial charge on any atom is -0.508 e. The number of amides is 2. The van der Waals surface area contributed by atoms with E-state index in [4.69, 9.17) is 0 Å². The molecular weight excluding hydrogens is 271 g/mol. The molecule has 110 valence electrons. The number of para-hydroxylation sites is 1. The summed E-state index contributed by atoms with van der Waals surface area (Å²) in [6.07, 6.45) is 0.616. The molecule has 0 fully saturated rings. The zero-order valence-electron chi connectivity index (χ0n) is 11.6. The van der Waals surface area contributed by atoms with Gasteiger partial charge in [0, 0.05) is 6.04 Å². The lowest BCUT2D eigenvalue weighted by molar-refractivity contribution is 0.249. The predicted octanol–water partition coefficient (Wildman–Crippen LogP) is 3.28. The van der Waals surface area contributed by atoms with E-state index < -0.39 is 11.8 Å². The Hall–Kier alpha value is -2.56. The molecule has 0 saturated carbocycles. The molecule has 0 aliphatic rings. The second kappa shape index (κ2) is 6.74. The van der Waals surface area contributed by atoms with E-state index in [0.717, 1.165) is 5.56 Å². The molecule has 2 aromatic rings. The van der Waals surface area contributed by atoms with E-state index in [2.05, 4.69) is 10.6 Å². The molecule has 0 radical (unpaired) electrons. The van der Waals surface area contributed by atoms with Gasteiger partial charge in [-0.05, 0) is 43.2 Å². The summed E-state index contributed by atoms with van der Waals surface area (Å²) in [7, 11) is 0. The first-order valence-corrected chi connectivity index (χ1v) is 6.64. The minimum atomic E-state index is -0.473. The summed E-state index contributed by atoms with van der Waals surface area (Å²) >= 11 is 0. The monoisotopic (exact) mass is 288 g/mol. The Morgan fingerprint density at radius 1 is 1.19 bits per heavy atom. The molecule has 5 heteroatoms. The Labute approximate surface area is 122 Å². The molecule has 0 aliphatic carbocycles. The van der Waals surface area contributed by atoms with Crippen molar-refractivity contribution >= 4 is 11.7 Å². The van der Waals surface area contributed by atoms with Gasteiger partial charge in [-0.25, -0.2) is 9.18 Å². The van der Waals surface area contributed by atoms with Crippen LogP contribution in [-0.2, 0) is 6.42 Å². The first-order valence-electron chi connectivity index (χ1n) is 6.64. The number of aromatic hydroxyl groups is 1. The Kier molecular flexibility index (Phi) is 4.77. The lowest BCUT2D eigenvalue weighted by Crippen LogP contribution is -2.37. The van der Waals surface area contributed by atoms with Crippen LogP contribution in [0.25, 0.3) is 0 Å². The normalized spacial score (nSPS) is 11.7. The third-order valence-electron chi connectivity index (χ3n) is 2.98. The van der Waals surface area contributed by atoms with Crippen LogP contribution < -0.4 is 10.6 Å². The topological polar surface area (TPSA) is 61.4 Å². The van der Waals surface area contributed by atoms with Gasteiger partial charge in [0.2, 0.25) is 0 Å². The highest BCUT2D eigenvalue weighted by atomic mass is 19.1. The van der Waals surface area contributed by atoms with Crippen molar-refractivity contribution in [1.29, 1.82) is 0 Å². The number of rotatable bonds is 4. The molecule has 0 unspecified atom stereocenters. The average molecular weight is 288 g/mol. The maximum atomic E-state index is 13.4. The fraction of sp³-hybridized carbons (Fsp3) is 0.188. The number of carbonyl (C=O) groups excluding carboxylic acids is 1. The van der Waals surface area contributed by atoms with E-state index in [1.54, 1.807) is 36.4 Å². The lowest BCUT2D eigenvalue weighted by Gasteiger charge is -2.15. The molecule has 3 N–H and O–H groups in total. The minimum absolute atomic E-state index is 0.124. The smallest absolute Gasteiger partial charge is 0.319 e. The molecule has 0 aliphatic heterocycles. The molecule has 0 saturated heterocycles. The van der Waals surface area contributed by atoms with Crippen LogP contribution in [-0.4, -0.2) is 17.2 Å². The van der Waals surface area contributed by atoms with Gasteiger partial charge in [0.25, 0.3) is 0 Å². The number of hydrogen-bond acceptors (Lipinski definition) is 2. The van der Waals surface area contributed by atoms with E-state index >= 15 is 0 Å². The summed E-state index contributed by atoms with van der Waals surface area (Å²) in [5, 5.41) is 14.4. The molecule has 21 heavy (non-hydrogen) atoms. The van der Waals surface area contributed by atoms with Crippen molar-refractivity contribution in [3.63, 3.8) is 0 Å². The molecule has 2 amide bonds. The largest absolute Gasteiger partial charge is 0.508 e. The van der Waals surface area contributed by atoms with Crippen LogP contribution in [0.5, 0.6) is 5.75 Å². The van der Waals surface area contributed by atoms with Crippen molar-refractivity contribution in [2.24, 2.45) is 0 Å². The summed E-state index contributed by atoms with van der Waals surface area (Å²) in [5.41, 5.74) is 1.14. The van der Waals surface area contributed by atoms with Crippen molar-refractivity contribution in [2.75, 3.05) is 5.32 Å². The van der Waals surface area contributed by atoms with Gasteiger partial charge in [-0.2, -0.15) is 0 Å². The van der Waals surface area contributed by atoms with Crippen molar-refractivity contribution < 1.29 is 14.3 Å². The Morgan fingerprint density at radius 2 is 1.86 bits per heavy atom. The van der Waals surface area contributed by atoms with Crippen molar-refractivity contribution in [3.05, 3.63) is 59.9 Å². The average Bonchev–Trinajstić information content (AvgIpc) is 2.44. The van der Waals surface area contributed by atoms with Gasteiger partial charge in [-0.15, -0.1) is 0 Å². The number of phenols is 1. The fourth-order valence-electron chi connectivity index (χ4n) is 1.98. The molecule has 2 aromatic carbocycles. The molecule has 0 bridgehead atoms. The summed E-state index contributed by atoms with van der Waals surface area (Å²) in [5.74, 6) is -0.268. The molecule has 0 spiro atoms. The highest BCUT2D eigenvalue weighted by Crippen LogP contribution is 2.13. The summed E-state index contributed by atoms with van der Waals surface area (Å²) in [6, 6.07) is 12.2. The lowest BCUT2D eigenvalue weighted by atomic mass is 10.1. The molecular formula is C16H17FN2O2. The Balaban J connectivity index is 1.87. The summed E-state index contributed by atoms with van der Waals surface area (Å²) in [6.45, 7) is 1.85. The van der Waals surface area contributed by atoms with E-state index in [1.807, 2.05) is 6.92 Å². The summed E-state index contributed by atoms with van der Waals surface area (Å²) < 4.78 is 13.4. The zero-order valence-corrected chi connectivity index (χ0v) is 11.6. The number of nitrogens with one attached hydrogen (secondary N) is 2. The van der Waals surface area contributed by atoms with Crippen LogP contribution >= 0.6 is 0 Å². The number of carbonyl (C=O) groups is 1. The number of halogens is 1. The standard InChI is InChI=1S/C16H17FN2O2/c1-11(10-12-6-8-13(20)9-7-12)18-16(21)19-15-5-3-2-4-14(15)17/h2-9,11,20H,10H2,1H3,(H2,18,19,21)/t11-/m0/s1. The number of anilines is 1. The zero-order chi connectivity index (χ0) is 15.2. The fourth-order valence-corrected chi connectivity index (χ4v) is 1.98. The van der Waals surface area contributed by atoms with Crippen LogP contribution in [0.1, 0.15) is 12.5 Å². The maximum Gasteiger partial charge on any atom is 0.319 e. The Bertz CT molecular complexity index is 614. The van der Waals surface area contributed by atoms with Crippen LogP contribution in [0, 0.1) is 5.82 Å².